The van der Waals surface area contributed by atoms with Crippen LogP contribution in [0.5, 0.6) is 0 Å². The molecule has 4 nitrogen and oxygen atoms in total. The maximum absolute atomic E-state index is 11.7. The number of hydrogen-bond acceptors (Lipinski definition) is 4. The lowest BCUT2D eigenvalue weighted by molar-refractivity contribution is -0.172. The van der Waals surface area contributed by atoms with Gasteiger partial charge in [-0.05, 0) is 0 Å². The van der Waals surface area contributed by atoms with Crippen LogP contribution in [0.1, 0.15) is 12.8 Å². The van der Waals surface area contributed by atoms with Crippen LogP contribution >= 0.6 is 0 Å². The molecule has 14 heavy (non-hydrogen) atoms. The van der Waals surface area contributed by atoms with Crippen LogP contribution in [-0.4, -0.2) is 23.9 Å². The Morgan fingerprint density at radius 3 is 2.36 bits per heavy atom. The zero-order chi connectivity index (χ0) is 10.9. The highest BCUT2D eigenvalue weighted by Crippen LogP contribution is 2.25. The molecular formula is C7H5F3O4. The molecule has 1 atom stereocenters. The van der Waals surface area contributed by atoms with Crippen molar-refractivity contribution in [3.8, 4) is 0 Å². The molecule has 7 heteroatoms. The molecule has 0 amide bonds. The van der Waals surface area contributed by atoms with Crippen LogP contribution in [0.4, 0.5) is 13.2 Å². The normalized spacial score (nSPS) is 22.4. The standard InChI is InChI=1S/C7H5F3O4/c8-7(9,10)4(11)1-3-2-5(12)14-6(3)13/h3H,1-2H2. The first-order valence-corrected chi connectivity index (χ1v) is 3.65. The van der Waals surface area contributed by atoms with Gasteiger partial charge in [-0.25, -0.2) is 0 Å². The summed E-state index contributed by atoms with van der Waals surface area (Å²) in [4.78, 5) is 31.6. The zero-order valence-electron chi connectivity index (χ0n) is 6.76. The van der Waals surface area contributed by atoms with Gasteiger partial charge >= 0.3 is 18.1 Å². The van der Waals surface area contributed by atoms with Gasteiger partial charge in [0.1, 0.15) is 0 Å². The van der Waals surface area contributed by atoms with Crippen molar-refractivity contribution in [2.24, 2.45) is 5.92 Å². The molecule has 0 aliphatic carbocycles. The van der Waals surface area contributed by atoms with Crippen molar-refractivity contribution in [2.75, 3.05) is 0 Å². The summed E-state index contributed by atoms with van der Waals surface area (Å²) in [6, 6.07) is 0. The summed E-state index contributed by atoms with van der Waals surface area (Å²) >= 11 is 0. The average molecular weight is 210 g/mol. The van der Waals surface area contributed by atoms with Gasteiger partial charge in [0.15, 0.2) is 0 Å². The zero-order valence-corrected chi connectivity index (χ0v) is 6.76. The van der Waals surface area contributed by atoms with Crippen molar-refractivity contribution in [3.63, 3.8) is 0 Å². The van der Waals surface area contributed by atoms with Crippen molar-refractivity contribution in [3.05, 3.63) is 0 Å². The van der Waals surface area contributed by atoms with E-state index in [0.29, 0.717) is 0 Å². The number of carbonyl (C=O) groups is 3. The third-order valence-corrected chi connectivity index (χ3v) is 1.71. The molecule has 1 aliphatic heterocycles. The van der Waals surface area contributed by atoms with Crippen LogP contribution in [0.25, 0.3) is 0 Å². The highest BCUT2D eigenvalue weighted by molar-refractivity contribution is 5.98. The fourth-order valence-corrected chi connectivity index (χ4v) is 1.02. The van der Waals surface area contributed by atoms with E-state index >= 15 is 0 Å². The van der Waals surface area contributed by atoms with Gasteiger partial charge in [-0.2, -0.15) is 13.2 Å². The van der Waals surface area contributed by atoms with Crippen molar-refractivity contribution in [1.29, 1.82) is 0 Å². The number of ketones is 1. The van der Waals surface area contributed by atoms with E-state index in [2.05, 4.69) is 4.74 Å². The van der Waals surface area contributed by atoms with Crippen molar-refractivity contribution in [1.82, 2.24) is 0 Å². The van der Waals surface area contributed by atoms with Crippen LogP contribution in [-0.2, 0) is 19.1 Å². The monoisotopic (exact) mass is 210 g/mol. The molecule has 1 saturated heterocycles. The van der Waals surface area contributed by atoms with Gasteiger partial charge in [0.2, 0.25) is 5.78 Å². The predicted octanol–water partition coefficient (Wildman–Crippen LogP) is 0.598. The van der Waals surface area contributed by atoms with E-state index in [9.17, 15) is 27.6 Å². The number of cyclic esters (lactones) is 2. The number of Topliss-reactive ketones (excluding diaryl/α,β-unsaturated/α-hetero) is 1. The van der Waals surface area contributed by atoms with Gasteiger partial charge in [-0.15, -0.1) is 0 Å². The summed E-state index contributed by atoms with van der Waals surface area (Å²) in [6.45, 7) is 0. The highest BCUT2D eigenvalue weighted by atomic mass is 19.4. The second-order valence-corrected chi connectivity index (χ2v) is 2.82. The van der Waals surface area contributed by atoms with Gasteiger partial charge in [0.05, 0.1) is 12.3 Å². The Morgan fingerprint density at radius 1 is 1.43 bits per heavy atom. The Morgan fingerprint density at radius 2 is 2.00 bits per heavy atom. The maximum atomic E-state index is 11.7. The van der Waals surface area contributed by atoms with Crippen molar-refractivity contribution < 1.29 is 32.3 Å². The van der Waals surface area contributed by atoms with Gasteiger partial charge in [0, 0.05) is 6.42 Å². The first kappa shape index (κ1) is 10.7. The Bertz CT molecular complexity index is 294. The quantitative estimate of drug-likeness (QED) is 0.494. The average Bonchev–Trinajstić information content (AvgIpc) is 2.28. The Balaban J connectivity index is 2.58. The topological polar surface area (TPSA) is 60.4 Å². The number of hydrogen-bond donors (Lipinski definition) is 0. The number of esters is 2. The molecule has 0 N–H and O–H groups in total. The number of alkyl halides is 3. The maximum Gasteiger partial charge on any atom is 0.449 e. The SMILES string of the molecule is O=C1CC(CC(=O)C(F)(F)F)C(=O)O1. The van der Waals surface area contributed by atoms with Crippen LogP contribution in [0.3, 0.4) is 0 Å². The van der Waals surface area contributed by atoms with E-state index in [-0.39, 0.29) is 0 Å². The molecule has 1 unspecified atom stereocenters. The van der Waals surface area contributed by atoms with Gasteiger partial charge in [0.25, 0.3) is 0 Å². The highest BCUT2D eigenvalue weighted by Gasteiger charge is 2.43. The molecule has 0 spiro atoms. The Kier molecular flexibility index (Phi) is 2.59. The lowest BCUT2D eigenvalue weighted by Crippen LogP contribution is -2.26. The fourth-order valence-electron chi connectivity index (χ4n) is 1.02. The summed E-state index contributed by atoms with van der Waals surface area (Å²) in [6.07, 6.45) is -6.44. The third-order valence-electron chi connectivity index (χ3n) is 1.71. The van der Waals surface area contributed by atoms with Crippen LogP contribution in [0.15, 0.2) is 0 Å². The molecule has 0 radical (unpaired) electrons. The van der Waals surface area contributed by atoms with E-state index in [0.717, 1.165) is 0 Å². The molecule has 1 rings (SSSR count). The first-order chi connectivity index (χ1) is 6.30. The smallest absolute Gasteiger partial charge is 0.393 e. The molecule has 0 saturated carbocycles. The third kappa shape index (κ3) is 2.30. The van der Waals surface area contributed by atoms with E-state index in [1.165, 1.54) is 0 Å². The van der Waals surface area contributed by atoms with Crippen LogP contribution < -0.4 is 0 Å². The molecule has 0 aromatic heterocycles. The summed E-state index contributed by atoms with van der Waals surface area (Å²) in [5.41, 5.74) is 0. The molecule has 1 aliphatic rings. The minimum absolute atomic E-state index is 0.458. The summed E-state index contributed by atoms with van der Waals surface area (Å²) < 4.78 is 39.2. The Labute approximate surface area is 76.0 Å². The molecule has 0 aromatic carbocycles. The second-order valence-electron chi connectivity index (χ2n) is 2.82. The van der Waals surface area contributed by atoms with Gasteiger partial charge < -0.3 is 4.74 Å². The van der Waals surface area contributed by atoms with Crippen molar-refractivity contribution >= 4 is 17.7 Å². The molecule has 1 fully saturated rings. The molecule has 78 valence electrons. The lowest BCUT2D eigenvalue weighted by Gasteiger charge is -2.06. The van der Waals surface area contributed by atoms with Gasteiger partial charge in [-0.3, -0.25) is 14.4 Å². The molecule has 1 heterocycles. The molecule has 0 bridgehead atoms. The van der Waals surface area contributed by atoms with Crippen LogP contribution in [0.2, 0.25) is 0 Å². The van der Waals surface area contributed by atoms with E-state index < -0.39 is 42.7 Å². The van der Waals surface area contributed by atoms with Gasteiger partial charge in [-0.1, -0.05) is 0 Å². The number of ether oxygens (including phenoxy) is 1. The van der Waals surface area contributed by atoms with E-state index in [1.54, 1.807) is 0 Å². The summed E-state index contributed by atoms with van der Waals surface area (Å²) in [7, 11) is 0. The van der Waals surface area contributed by atoms with Crippen molar-refractivity contribution in [2.45, 2.75) is 19.0 Å². The molecular weight excluding hydrogens is 205 g/mol. The summed E-state index contributed by atoms with van der Waals surface area (Å²) in [5.74, 6) is -5.26. The minimum Gasteiger partial charge on any atom is -0.393 e. The largest absolute Gasteiger partial charge is 0.449 e. The van der Waals surface area contributed by atoms with E-state index in [4.69, 9.17) is 0 Å². The van der Waals surface area contributed by atoms with E-state index in [1.807, 2.05) is 0 Å². The predicted molar refractivity (Wildman–Crippen MR) is 34.9 cm³/mol. The fraction of sp³-hybridized carbons (Fsp3) is 0.571. The number of carbonyl (C=O) groups excluding carboxylic acids is 3. The lowest BCUT2D eigenvalue weighted by atomic mass is 10.0. The first-order valence-electron chi connectivity index (χ1n) is 3.65. The molecule has 0 aromatic rings. The Hall–Kier alpha value is -1.40. The number of rotatable bonds is 2. The van der Waals surface area contributed by atoms with Crippen LogP contribution in [0, 0.1) is 5.92 Å². The number of halogens is 3. The second kappa shape index (κ2) is 3.39. The summed E-state index contributed by atoms with van der Waals surface area (Å²) in [5, 5.41) is 0. The minimum atomic E-state index is -4.97.